The predicted octanol–water partition coefficient (Wildman–Crippen LogP) is 2.07. The van der Waals surface area contributed by atoms with Gasteiger partial charge in [-0.05, 0) is 32.4 Å². The molecule has 1 aromatic heterocycles. The standard InChI is InChI=1S/C16H26N4O/c1-4-13(3)19-9-11-20(12-10-19)16(21)14-7-6-8-15(18-14)17-5-2/h6-8,13H,4-5,9-12H2,1-3H3,(H,17,18). The summed E-state index contributed by atoms with van der Waals surface area (Å²) in [4.78, 5) is 21.3. The molecule has 0 spiro atoms. The molecule has 2 heterocycles. The summed E-state index contributed by atoms with van der Waals surface area (Å²) in [6.45, 7) is 10.8. The van der Waals surface area contributed by atoms with E-state index in [1.54, 1.807) is 6.07 Å². The van der Waals surface area contributed by atoms with Gasteiger partial charge in [0.15, 0.2) is 0 Å². The molecule has 21 heavy (non-hydrogen) atoms. The van der Waals surface area contributed by atoms with Crippen molar-refractivity contribution in [2.45, 2.75) is 33.2 Å². The molecule has 0 saturated carbocycles. The second kappa shape index (κ2) is 7.41. The number of piperazine rings is 1. The van der Waals surface area contributed by atoms with E-state index in [2.05, 4.69) is 29.0 Å². The molecule has 0 radical (unpaired) electrons. The highest BCUT2D eigenvalue weighted by Crippen LogP contribution is 2.12. The molecule has 2 rings (SSSR count). The number of hydrogen-bond acceptors (Lipinski definition) is 4. The van der Waals surface area contributed by atoms with Crippen molar-refractivity contribution in [1.82, 2.24) is 14.8 Å². The zero-order chi connectivity index (χ0) is 15.2. The summed E-state index contributed by atoms with van der Waals surface area (Å²) in [6.07, 6.45) is 1.15. The van der Waals surface area contributed by atoms with E-state index in [0.29, 0.717) is 11.7 Å². The van der Waals surface area contributed by atoms with Gasteiger partial charge < -0.3 is 10.2 Å². The minimum absolute atomic E-state index is 0.0403. The van der Waals surface area contributed by atoms with Gasteiger partial charge in [0.25, 0.3) is 5.91 Å². The fourth-order valence-corrected chi connectivity index (χ4v) is 2.62. The van der Waals surface area contributed by atoms with Crippen LogP contribution in [-0.2, 0) is 0 Å². The van der Waals surface area contributed by atoms with Crippen molar-refractivity contribution in [1.29, 1.82) is 0 Å². The maximum absolute atomic E-state index is 12.5. The Kier molecular flexibility index (Phi) is 5.56. The van der Waals surface area contributed by atoms with Gasteiger partial charge in [-0.15, -0.1) is 0 Å². The van der Waals surface area contributed by atoms with Crippen molar-refractivity contribution < 1.29 is 4.79 Å². The van der Waals surface area contributed by atoms with E-state index in [9.17, 15) is 4.79 Å². The lowest BCUT2D eigenvalue weighted by atomic mass is 10.2. The van der Waals surface area contributed by atoms with Crippen molar-refractivity contribution in [3.8, 4) is 0 Å². The molecule has 116 valence electrons. The number of carbonyl (C=O) groups is 1. The van der Waals surface area contributed by atoms with Crippen LogP contribution in [0, 0.1) is 0 Å². The molecular formula is C16H26N4O. The van der Waals surface area contributed by atoms with Crippen molar-refractivity contribution in [3.05, 3.63) is 23.9 Å². The van der Waals surface area contributed by atoms with Gasteiger partial charge >= 0.3 is 0 Å². The summed E-state index contributed by atoms with van der Waals surface area (Å²) in [7, 11) is 0. The molecule has 1 atom stereocenters. The lowest BCUT2D eigenvalue weighted by molar-refractivity contribution is 0.0574. The number of hydrogen-bond donors (Lipinski definition) is 1. The molecule has 0 bridgehead atoms. The maximum Gasteiger partial charge on any atom is 0.272 e. The number of anilines is 1. The Labute approximate surface area is 127 Å². The van der Waals surface area contributed by atoms with E-state index in [-0.39, 0.29) is 5.91 Å². The quantitative estimate of drug-likeness (QED) is 0.902. The number of amides is 1. The summed E-state index contributed by atoms with van der Waals surface area (Å²) in [5.41, 5.74) is 0.533. The Bertz CT molecular complexity index is 469. The number of carbonyl (C=O) groups excluding carboxylic acids is 1. The molecule has 5 heteroatoms. The summed E-state index contributed by atoms with van der Waals surface area (Å²) in [6, 6.07) is 6.16. The largest absolute Gasteiger partial charge is 0.370 e. The molecule has 1 aliphatic rings. The van der Waals surface area contributed by atoms with Gasteiger partial charge in [-0.25, -0.2) is 4.98 Å². The molecule has 1 aliphatic heterocycles. The lowest BCUT2D eigenvalue weighted by Crippen LogP contribution is -2.51. The molecule has 1 N–H and O–H groups in total. The first-order chi connectivity index (χ1) is 10.2. The van der Waals surface area contributed by atoms with Crippen LogP contribution < -0.4 is 5.32 Å². The molecule has 1 aromatic rings. The minimum Gasteiger partial charge on any atom is -0.370 e. The highest BCUT2D eigenvalue weighted by atomic mass is 16.2. The topological polar surface area (TPSA) is 48.5 Å². The number of pyridine rings is 1. The van der Waals surface area contributed by atoms with Crippen LogP contribution >= 0.6 is 0 Å². The number of nitrogens with zero attached hydrogens (tertiary/aromatic N) is 3. The van der Waals surface area contributed by atoms with E-state index in [1.165, 1.54) is 0 Å². The third kappa shape index (κ3) is 3.94. The van der Waals surface area contributed by atoms with Crippen LogP contribution in [0.5, 0.6) is 0 Å². The lowest BCUT2D eigenvalue weighted by Gasteiger charge is -2.37. The Morgan fingerprint density at radius 2 is 2.00 bits per heavy atom. The number of nitrogens with one attached hydrogen (secondary N) is 1. The molecule has 1 saturated heterocycles. The SMILES string of the molecule is CCNc1cccc(C(=O)N2CCN(C(C)CC)CC2)n1. The van der Waals surface area contributed by atoms with Gasteiger partial charge in [0.05, 0.1) is 0 Å². The molecule has 0 aromatic carbocycles. The van der Waals surface area contributed by atoms with Crippen LogP contribution in [0.2, 0.25) is 0 Å². The zero-order valence-corrected chi connectivity index (χ0v) is 13.3. The van der Waals surface area contributed by atoms with Crippen LogP contribution in [0.1, 0.15) is 37.7 Å². The minimum atomic E-state index is 0.0403. The highest BCUT2D eigenvalue weighted by molar-refractivity contribution is 5.92. The van der Waals surface area contributed by atoms with Crippen LogP contribution in [0.25, 0.3) is 0 Å². The van der Waals surface area contributed by atoms with Gasteiger partial charge in [-0.3, -0.25) is 9.69 Å². The second-order valence-corrected chi connectivity index (χ2v) is 5.52. The normalized spacial score (nSPS) is 17.6. The number of aromatic nitrogens is 1. The van der Waals surface area contributed by atoms with Gasteiger partial charge in [0.1, 0.15) is 11.5 Å². The Hall–Kier alpha value is -1.62. The van der Waals surface area contributed by atoms with Crippen molar-refractivity contribution in [2.24, 2.45) is 0 Å². The first-order valence-corrected chi connectivity index (χ1v) is 7.90. The predicted molar refractivity (Wildman–Crippen MR) is 85.6 cm³/mol. The summed E-state index contributed by atoms with van der Waals surface area (Å²) in [5, 5.41) is 3.15. The molecular weight excluding hydrogens is 264 g/mol. The fourth-order valence-electron chi connectivity index (χ4n) is 2.62. The zero-order valence-electron chi connectivity index (χ0n) is 13.3. The van der Waals surface area contributed by atoms with Gasteiger partial charge in [0, 0.05) is 38.8 Å². The molecule has 0 aliphatic carbocycles. The van der Waals surface area contributed by atoms with Crippen LogP contribution in [0.4, 0.5) is 5.82 Å². The van der Waals surface area contributed by atoms with Crippen molar-refractivity contribution >= 4 is 11.7 Å². The van der Waals surface area contributed by atoms with E-state index < -0.39 is 0 Å². The van der Waals surface area contributed by atoms with Crippen molar-refractivity contribution in [2.75, 3.05) is 38.0 Å². The maximum atomic E-state index is 12.5. The Morgan fingerprint density at radius 1 is 1.29 bits per heavy atom. The highest BCUT2D eigenvalue weighted by Gasteiger charge is 2.24. The van der Waals surface area contributed by atoms with Crippen molar-refractivity contribution in [3.63, 3.8) is 0 Å². The summed E-state index contributed by atoms with van der Waals surface area (Å²) >= 11 is 0. The van der Waals surface area contributed by atoms with Crippen LogP contribution in [-0.4, -0.2) is 59.5 Å². The molecule has 1 unspecified atom stereocenters. The van der Waals surface area contributed by atoms with Gasteiger partial charge in [-0.1, -0.05) is 13.0 Å². The van der Waals surface area contributed by atoms with Gasteiger partial charge in [0.2, 0.25) is 0 Å². The van der Waals surface area contributed by atoms with E-state index in [4.69, 9.17) is 0 Å². The molecule has 5 nitrogen and oxygen atoms in total. The van der Waals surface area contributed by atoms with Crippen LogP contribution in [0.15, 0.2) is 18.2 Å². The average molecular weight is 290 g/mol. The summed E-state index contributed by atoms with van der Waals surface area (Å²) in [5.74, 6) is 0.806. The Morgan fingerprint density at radius 3 is 2.62 bits per heavy atom. The fraction of sp³-hybridized carbons (Fsp3) is 0.625. The summed E-state index contributed by atoms with van der Waals surface area (Å²) < 4.78 is 0. The first kappa shape index (κ1) is 15.8. The van der Waals surface area contributed by atoms with E-state index >= 15 is 0 Å². The van der Waals surface area contributed by atoms with E-state index in [1.807, 2.05) is 24.0 Å². The van der Waals surface area contributed by atoms with E-state index in [0.717, 1.165) is 45.0 Å². The molecule has 1 amide bonds. The second-order valence-electron chi connectivity index (χ2n) is 5.52. The third-order valence-electron chi connectivity index (χ3n) is 4.14. The number of rotatable bonds is 5. The molecule has 1 fully saturated rings. The average Bonchev–Trinajstić information content (AvgIpc) is 2.54. The monoisotopic (exact) mass is 290 g/mol. The smallest absolute Gasteiger partial charge is 0.272 e. The van der Waals surface area contributed by atoms with Gasteiger partial charge in [-0.2, -0.15) is 0 Å². The van der Waals surface area contributed by atoms with Crippen LogP contribution in [0.3, 0.4) is 0 Å². The third-order valence-corrected chi connectivity index (χ3v) is 4.14. The first-order valence-electron chi connectivity index (χ1n) is 7.90. The Balaban J connectivity index is 1.97.